The Morgan fingerprint density at radius 2 is 2.39 bits per heavy atom. The van der Waals surface area contributed by atoms with E-state index in [0.29, 0.717) is 30.0 Å². The third kappa shape index (κ3) is 4.12. The normalized spacial score (nSPS) is 19.1. The first-order chi connectivity index (χ1) is 8.75. The van der Waals surface area contributed by atoms with Crippen molar-refractivity contribution in [2.45, 2.75) is 18.9 Å². The summed E-state index contributed by atoms with van der Waals surface area (Å²) in [6.45, 7) is 2.84. The van der Waals surface area contributed by atoms with Crippen LogP contribution in [0.15, 0.2) is 18.2 Å². The van der Waals surface area contributed by atoms with Crippen LogP contribution in [-0.2, 0) is 4.74 Å². The molecule has 100 valence electrons. The van der Waals surface area contributed by atoms with Crippen LogP contribution in [0.1, 0.15) is 12.8 Å². The molecule has 1 saturated heterocycles. The van der Waals surface area contributed by atoms with E-state index >= 15 is 0 Å². The molecule has 18 heavy (non-hydrogen) atoms. The molecule has 1 heterocycles. The largest absolute Gasteiger partial charge is 0.491 e. The molecule has 0 spiro atoms. The summed E-state index contributed by atoms with van der Waals surface area (Å²) >= 11 is 5.88. The standard InChI is InChI=1S/C13H17ClFNO2/c14-12-4-3-10(15)8-13(12)18-7-5-16-9-11-2-1-6-17-11/h3-4,8,11,16H,1-2,5-7,9H2. The third-order valence-corrected chi connectivity index (χ3v) is 3.14. The van der Waals surface area contributed by atoms with Gasteiger partial charge in [0.2, 0.25) is 0 Å². The second-order valence-electron chi connectivity index (χ2n) is 4.26. The number of hydrogen-bond acceptors (Lipinski definition) is 3. The lowest BCUT2D eigenvalue weighted by atomic mass is 10.2. The predicted octanol–water partition coefficient (Wildman–Crippen LogP) is 2.63. The Bertz CT molecular complexity index is 383. The lowest BCUT2D eigenvalue weighted by Crippen LogP contribution is -2.29. The summed E-state index contributed by atoms with van der Waals surface area (Å²) < 4.78 is 23.8. The molecule has 1 unspecified atom stereocenters. The van der Waals surface area contributed by atoms with Crippen molar-refractivity contribution in [3.63, 3.8) is 0 Å². The van der Waals surface area contributed by atoms with Crippen LogP contribution in [0.2, 0.25) is 5.02 Å². The van der Waals surface area contributed by atoms with Gasteiger partial charge in [-0.1, -0.05) is 11.6 Å². The van der Waals surface area contributed by atoms with Crippen LogP contribution < -0.4 is 10.1 Å². The lowest BCUT2D eigenvalue weighted by molar-refractivity contribution is 0.109. The Balaban J connectivity index is 1.64. The summed E-state index contributed by atoms with van der Waals surface area (Å²) in [6, 6.07) is 4.10. The number of ether oxygens (including phenoxy) is 2. The zero-order chi connectivity index (χ0) is 12.8. The van der Waals surface area contributed by atoms with Crippen molar-refractivity contribution in [2.75, 3.05) is 26.3 Å². The first-order valence-corrected chi connectivity index (χ1v) is 6.53. The zero-order valence-corrected chi connectivity index (χ0v) is 10.9. The van der Waals surface area contributed by atoms with E-state index in [9.17, 15) is 4.39 Å². The van der Waals surface area contributed by atoms with Gasteiger partial charge in [0.05, 0.1) is 11.1 Å². The second-order valence-corrected chi connectivity index (χ2v) is 4.67. The molecule has 1 N–H and O–H groups in total. The molecular weight excluding hydrogens is 257 g/mol. The fraction of sp³-hybridized carbons (Fsp3) is 0.538. The number of halogens is 2. The van der Waals surface area contributed by atoms with Gasteiger partial charge in [-0.15, -0.1) is 0 Å². The maximum atomic E-state index is 13.0. The summed E-state index contributed by atoms with van der Waals surface area (Å²) in [5, 5.41) is 3.67. The summed E-state index contributed by atoms with van der Waals surface area (Å²) in [7, 11) is 0. The third-order valence-electron chi connectivity index (χ3n) is 2.83. The molecule has 1 aliphatic heterocycles. The Kier molecular flexibility index (Phi) is 5.23. The van der Waals surface area contributed by atoms with E-state index in [0.717, 1.165) is 26.0 Å². The number of benzene rings is 1. The molecule has 1 aromatic carbocycles. The molecule has 1 fully saturated rings. The van der Waals surface area contributed by atoms with Gasteiger partial charge in [0.15, 0.2) is 0 Å². The van der Waals surface area contributed by atoms with E-state index in [4.69, 9.17) is 21.1 Å². The number of rotatable bonds is 6. The van der Waals surface area contributed by atoms with Crippen molar-refractivity contribution in [1.29, 1.82) is 0 Å². The van der Waals surface area contributed by atoms with Crippen LogP contribution in [0.5, 0.6) is 5.75 Å². The van der Waals surface area contributed by atoms with Gasteiger partial charge in [-0.2, -0.15) is 0 Å². The van der Waals surface area contributed by atoms with Crippen molar-refractivity contribution in [1.82, 2.24) is 5.32 Å². The van der Waals surface area contributed by atoms with Gasteiger partial charge in [0, 0.05) is 25.8 Å². The van der Waals surface area contributed by atoms with Crippen LogP contribution in [0, 0.1) is 5.82 Å². The quantitative estimate of drug-likeness (QED) is 0.809. The number of hydrogen-bond donors (Lipinski definition) is 1. The van der Waals surface area contributed by atoms with Crippen molar-refractivity contribution in [2.24, 2.45) is 0 Å². The van der Waals surface area contributed by atoms with Gasteiger partial charge < -0.3 is 14.8 Å². The first kappa shape index (κ1) is 13.6. The van der Waals surface area contributed by atoms with E-state index in [2.05, 4.69) is 5.32 Å². The molecule has 0 aliphatic carbocycles. The van der Waals surface area contributed by atoms with E-state index in [1.165, 1.54) is 18.2 Å². The fourth-order valence-electron chi connectivity index (χ4n) is 1.89. The van der Waals surface area contributed by atoms with Crippen molar-refractivity contribution >= 4 is 11.6 Å². The highest BCUT2D eigenvalue weighted by Gasteiger charge is 2.14. The smallest absolute Gasteiger partial charge is 0.140 e. The summed E-state index contributed by atoms with van der Waals surface area (Å²) in [5.74, 6) is 0.0392. The van der Waals surface area contributed by atoms with Crippen LogP contribution in [0.3, 0.4) is 0 Å². The van der Waals surface area contributed by atoms with E-state index in [-0.39, 0.29) is 5.82 Å². The minimum absolute atomic E-state index is 0.322. The molecule has 5 heteroatoms. The first-order valence-electron chi connectivity index (χ1n) is 6.16. The second kappa shape index (κ2) is 6.92. The molecule has 1 atom stereocenters. The summed E-state index contributed by atoms with van der Waals surface area (Å²) in [5.41, 5.74) is 0. The van der Waals surface area contributed by atoms with Crippen LogP contribution >= 0.6 is 11.6 Å². The van der Waals surface area contributed by atoms with Crippen LogP contribution in [0.25, 0.3) is 0 Å². The van der Waals surface area contributed by atoms with Crippen LogP contribution in [-0.4, -0.2) is 32.4 Å². The van der Waals surface area contributed by atoms with Gasteiger partial charge in [-0.05, 0) is 25.0 Å². The average molecular weight is 274 g/mol. The van der Waals surface area contributed by atoms with Gasteiger partial charge in [0.1, 0.15) is 18.2 Å². The van der Waals surface area contributed by atoms with Gasteiger partial charge in [-0.3, -0.25) is 0 Å². The maximum absolute atomic E-state index is 13.0. The number of nitrogens with one attached hydrogen (secondary N) is 1. The maximum Gasteiger partial charge on any atom is 0.140 e. The molecule has 1 aromatic rings. The molecule has 2 rings (SSSR count). The van der Waals surface area contributed by atoms with Gasteiger partial charge in [0.25, 0.3) is 0 Å². The Labute approximate surface area is 111 Å². The van der Waals surface area contributed by atoms with Crippen molar-refractivity contribution in [3.05, 3.63) is 29.0 Å². The highest BCUT2D eigenvalue weighted by atomic mass is 35.5. The van der Waals surface area contributed by atoms with Crippen molar-refractivity contribution < 1.29 is 13.9 Å². The average Bonchev–Trinajstić information content (AvgIpc) is 2.86. The summed E-state index contributed by atoms with van der Waals surface area (Å²) in [6.07, 6.45) is 2.58. The Hall–Kier alpha value is -0.840. The molecule has 0 amide bonds. The van der Waals surface area contributed by atoms with Gasteiger partial charge in [-0.25, -0.2) is 4.39 Å². The minimum atomic E-state index is -0.346. The Morgan fingerprint density at radius 1 is 1.50 bits per heavy atom. The lowest BCUT2D eigenvalue weighted by Gasteiger charge is -2.12. The topological polar surface area (TPSA) is 30.5 Å². The fourth-order valence-corrected chi connectivity index (χ4v) is 2.06. The predicted molar refractivity (Wildman–Crippen MR) is 68.7 cm³/mol. The molecule has 0 aromatic heterocycles. The molecule has 0 saturated carbocycles. The van der Waals surface area contributed by atoms with Crippen LogP contribution in [0.4, 0.5) is 4.39 Å². The summed E-state index contributed by atoms with van der Waals surface area (Å²) in [4.78, 5) is 0. The van der Waals surface area contributed by atoms with E-state index in [1.54, 1.807) is 0 Å². The molecule has 1 aliphatic rings. The SMILES string of the molecule is Fc1ccc(Cl)c(OCCNCC2CCCO2)c1. The van der Waals surface area contributed by atoms with Gasteiger partial charge >= 0.3 is 0 Å². The molecule has 3 nitrogen and oxygen atoms in total. The highest BCUT2D eigenvalue weighted by molar-refractivity contribution is 6.32. The van der Waals surface area contributed by atoms with Crippen molar-refractivity contribution in [3.8, 4) is 5.75 Å². The molecular formula is C13H17ClFNO2. The van der Waals surface area contributed by atoms with E-state index in [1.807, 2.05) is 0 Å². The van der Waals surface area contributed by atoms with E-state index < -0.39 is 0 Å². The highest BCUT2D eigenvalue weighted by Crippen LogP contribution is 2.24. The molecule has 0 bridgehead atoms. The Morgan fingerprint density at radius 3 is 3.17 bits per heavy atom. The monoisotopic (exact) mass is 273 g/mol. The zero-order valence-electron chi connectivity index (χ0n) is 10.1. The molecule has 0 radical (unpaired) electrons. The minimum Gasteiger partial charge on any atom is -0.491 e.